The van der Waals surface area contributed by atoms with E-state index in [0.29, 0.717) is 0 Å². The number of likely N-dealkylation sites (tertiary alicyclic amines) is 1. The van der Waals surface area contributed by atoms with Gasteiger partial charge in [-0.2, -0.15) is 0 Å². The van der Waals surface area contributed by atoms with Crippen LogP contribution in [-0.4, -0.2) is 23.9 Å². The lowest BCUT2D eigenvalue weighted by Crippen LogP contribution is -2.42. The maximum absolute atomic E-state index is 12.7. The molecule has 2 aliphatic rings. The number of amides is 1. The molecule has 1 heterocycles. The smallest absolute Gasteiger partial charge is 0.232 e. The van der Waals surface area contributed by atoms with Crippen molar-refractivity contribution in [3.63, 3.8) is 0 Å². The standard InChI is InChI=1S/C17H24N2O/c1-16(2,15(20)19-11-3-4-12-19)13-5-7-14(8-6-13)17(18)9-10-17/h5-8H,3-4,9-12,18H2,1-2H3. The highest BCUT2D eigenvalue weighted by Gasteiger charge is 2.40. The van der Waals surface area contributed by atoms with Crippen molar-refractivity contribution in [3.8, 4) is 0 Å². The third-order valence-corrected chi connectivity index (χ3v) is 4.90. The summed E-state index contributed by atoms with van der Waals surface area (Å²) in [5.74, 6) is 0.247. The Hall–Kier alpha value is -1.35. The van der Waals surface area contributed by atoms with Crippen molar-refractivity contribution in [1.29, 1.82) is 0 Å². The van der Waals surface area contributed by atoms with Gasteiger partial charge in [-0.25, -0.2) is 0 Å². The van der Waals surface area contributed by atoms with Crippen molar-refractivity contribution in [3.05, 3.63) is 35.4 Å². The van der Waals surface area contributed by atoms with E-state index in [1.54, 1.807) is 0 Å². The van der Waals surface area contributed by atoms with Gasteiger partial charge >= 0.3 is 0 Å². The number of rotatable bonds is 3. The summed E-state index contributed by atoms with van der Waals surface area (Å²) in [5, 5.41) is 0. The van der Waals surface area contributed by atoms with E-state index in [4.69, 9.17) is 5.73 Å². The summed E-state index contributed by atoms with van der Waals surface area (Å²) < 4.78 is 0. The monoisotopic (exact) mass is 272 g/mol. The molecular formula is C17H24N2O. The van der Waals surface area contributed by atoms with Crippen LogP contribution in [-0.2, 0) is 15.7 Å². The van der Waals surface area contributed by atoms with Crippen molar-refractivity contribution in [2.24, 2.45) is 5.73 Å². The summed E-state index contributed by atoms with van der Waals surface area (Å²) in [4.78, 5) is 14.7. The van der Waals surface area contributed by atoms with Gasteiger partial charge in [0.15, 0.2) is 0 Å². The predicted molar refractivity (Wildman–Crippen MR) is 80.4 cm³/mol. The molecule has 0 bridgehead atoms. The van der Waals surface area contributed by atoms with Crippen molar-refractivity contribution in [1.82, 2.24) is 4.90 Å². The van der Waals surface area contributed by atoms with E-state index in [1.807, 2.05) is 18.7 Å². The van der Waals surface area contributed by atoms with Gasteiger partial charge in [-0.3, -0.25) is 4.79 Å². The average molecular weight is 272 g/mol. The van der Waals surface area contributed by atoms with Gasteiger partial charge in [-0.05, 0) is 50.7 Å². The minimum atomic E-state index is -0.450. The molecular weight excluding hydrogens is 248 g/mol. The highest BCUT2D eigenvalue weighted by atomic mass is 16.2. The molecule has 1 saturated heterocycles. The number of benzene rings is 1. The molecule has 3 rings (SSSR count). The van der Waals surface area contributed by atoms with Crippen LogP contribution in [0.5, 0.6) is 0 Å². The van der Waals surface area contributed by atoms with Crippen LogP contribution in [0.3, 0.4) is 0 Å². The predicted octanol–water partition coefficient (Wildman–Crippen LogP) is 2.53. The van der Waals surface area contributed by atoms with Gasteiger partial charge in [0.05, 0.1) is 5.41 Å². The molecule has 2 N–H and O–H groups in total. The molecule has 2 fully saturated rings. The van der Waals surface area contributed by atoms with Crippen LogP contribution < -0.4 is 5.73 Å². The Kier molecular flexibility index (Phi) is 3.13. The van der Waals surface area contributed by atoms with Gasteiger partial charge in [-0.15, -0.1) is 0 Å². The fourth-order valence-electron chi connectivity index (χ4n) is 3.08. The Bertz CT molecular complexity index is 508. The Morgan fingerprint density at radius 2 is 1.70 bits per heavy atom. The molecule has 1 aliphatic carbocycles. The van der Waals surface area contributed by atoms with Crippen LogP contribution in [0.15, 0.2) is 24.3 Å². The molecule has 1 aromatic rings. The molecule has 0 aromatic heterocycles. The van der Waals surface area contributed by atoms with Gasteiger partial charge in [0, 0.05) is 18.6 Å². The topological polar surface area (TPSA) is 46.3 Å². The van der Waals surface area contributed by atoms with Crippen molar-refractivity contribution < 1.29 is 4.79 Å². The number of nitrogens with two attached hydrogens (primary N) is 1. The van der Waals surface area contributed by atoms with E-state index >= 15 is 0 Å². The SMILES string of the molecule is CC(C)(C(=O)N1CCCC1)c1ccc(C2(N)CC2)cc1. The first-order chi connectivity index (χ1) is 9.43. The van der Waals surface area contributed by atoms with Crippen LogP contribution in [0.25, 0.3) is 0 Å². The van der Waals surface area contributed by atoms with Crippen molar-refractivity contribution in [2.75, 3.05) is 13.1 Å². The normalized spacial score (nSPS) is 21.1. The summed E-state index contributed by atoms with van der Waals surface area (Å²) in [6.45, 7) is 5.87. The molecule has 1 amide bonds. The first kappa shape index (κ1) is 13.6. The van der Waals surface area contributed by atoms with Crippen LogP contribution >= 0.6 is 0 Å². The van der Waals surface area contributed by atoms with Gasteiger partial charge in [0.2, 0.25) is 5.91 Å². The van der Waals surface area contributed by atoms with Gasteiger partial charge in [0.25, 0.3) is 0 Å². The Morgan fingerprint density at radius 1 is 1.15 bits per heavy atom. The fraction of sp³-hybridized carbons (Fsp3) is 0.588. The van der Waals surface area contributed by atoms with Crippen molar-refractivity contribution in [2.45, 2.75) is 50.5 Å². The highest BCUT2D eigenvalue weighted by molar-refractivity contribution is 5.87. The summed E-state index contributed by atoms with van der Waals surface area (Å²) in [7, 11) is 0. The first-order valence-electron chi connectivity index (χ1n) is 7.63. The number of carbonyl (C=O) groups is 1. The molecule has 0 spiro atoms. The summed E-state index contributed by atoms with van der Waals surface area (Å²) in [5.41, 5.74) is 7.95. The minimum Gasteiger partial charge on any atom is -0.342 e. The summed E-state index contributed by atoms with van der Waals surface area (Å²) >= 11 is 0. The zero-order valence-corrected chi connectivity index (χ0v) is 12.5. The van der Waals surface area contributed by atoms with E-state index in [9.17, 15) is 4.79 Å². The molecule has 0 radical (unpaired) electrons. The lowest BCUT2D eigenvalue weighted by Gasteiger charge is -2.30. The molecule has 1 aromatic carbocycles. The highest BCUT2D eigenvalue weighted by Crippen LogP contribution is 2.43. The summed E-state index contributed by atoms with van der Waals surface area (Å²) in [6, 6.07) is 8.36. The zero-order valence-electron chi connectivity index (χ0n) is 12.5. The first-order valence-corrected chi connectivity index (χ1v) is 7.63. The molecule has 3 nitrogen and oxygen atoms in total. The average Bonchev–Trinajstić information content (AvgIpc) is 2.99. The molecule has 0 atom stereocenters. The van der Waals surface area contributed by atoms with Crippen LogP contribution in [0.4, 0.5) is 0 Å². The molecule has 1 saturated carbocycles. The lowest BCUT2D eigenvalue weighted by molar-refractivity contribution is -0.135. The molecule has 3 heteroatoms. The largest absolute Gasteiger partial charge is 0.342 e. The van der Waals surface area contributed by atoms with Gasteiger partial charge in [0.1, 0.15) is 0 Å². The van der Waals surface area contributed by atoms with Crippen LogP contribution in [0.1, 0.15) is 50.7 Å². The Morgan fingerprint density at radius 3 is 2.20 bits per heavy atom. The maximum Gasteiger partial charge on any atom is 0.232 e. The quantitative estimate of drug-likeness (QED) is 0.919. The third-order valence-electron chi connectivity index (χ3n) is 4.90. The molecule has 108 valence electrons. The number of carbonyl (C=O) groups excluding carboxylic acids is 1. The van der Waals surface area contributed by atoms with E-state index in [1.165, 1.54) is 5.56 Å². The number of hydrogen-bond donors (Lipinski definition) is 1. The number of hydrogen-bond acceptors (Lipinski definition) is 2. The van der Waals surface area contributed by atoms with Crippen molar-refractivity contribution >= 4 is 5.91 Å². The maximum atomic E-state index is 12.7. The second kappa shape index (κ2) is 4.59. The van der Waals surface area contributed by atoms with Gasteiger partial charge in [-0.1, -0.05) is 24.3 Å². The second-order valence-electron chi connectivity index (χ2n) is 6.86. The van der Waals surface area contributed by atoms with E-state index in [0.717, 1.165) is 44.3 Å². The molecule has 1 aliphatic heterocycles. The number of nitrogens with zero attached hydrogens (tertiary/aromatic N) is 1. The second-order valence-corrected chi connectivity index (χ2v) is 6.86. The zero-order chi connectivity index (χ0) is 14.4. The Balaban J connectivity index is 1.81. The fourth-order valence-corrected chi connectivity index (χ4v) is 3.08. The summed E-state index contributed by atoms with van der Waals surface area (Å²) in [6.07, 6.45) is 4.41. The van der Waals surface area contributed by atoms with E-state index < -0.39 is 5.41 Å². The van der Waals surface area contributed by atoms with Gasteiger partial charge < -0.3 is 10.6 Å². The van der Waals surface area contributed by atoms with E-state index in [-0.39, 0.29) is 11.4 Å². The molecule has 0 unspecified atom stereocenters. The lowest BCUT2D eigenvalue weighted by atomic mass is 9.82. The Labute approximate surface area is 121 Å². The minimum absolute atomic E-state index is 0.0956. The third kappa shape index (κ3) is 2.24. The van der Waals surface area contributed by atoms with E-state index in [2.05, 4.69) is 24.3 Å². The molecule has 20 heavy (non-hydrogen) atoms. The van der Waals surface area contributed by atoms with Crippen LogP contribution in [0.2, 0.25) is 0 Å². The van der Waals surface area contributed by atoms with Crippen LogP contribution in [0, 0.1) is 0 Å².